The molecule has 2 aromatic heterocycles. The van der Waals surface area contributed by atoms with Gasteiger partial charge in [0.25, 0.3) is 5.91 Å². The Hall–Kier alpha value is -4.66. The average molecular weight is 592 g/mol. The van der Waals surface area contributed by atoms with Gasteiger partial charge in [0, 0.05) is 43.5 Å². The predicted octanol–water partition coefficient (Wildman–Crippen LogP) is 5.99. The zero-order valence-electron chi connectivity index (χ0n) is 25.3. The number of amides is 1. The third-order valence-corrected chi connectivity index (χ3v) is 9.43. The Morgan fingerprint density at radius 1 is 0.977 bits per heavy atom. The molecule has 5 heterocycles. The molecule has 0 saturated heterocycles. The normalized spacial score (nSPS) is 17.6. The van der Waals surface area contributed by atoms with Crippen molar-refractivity contribution in [3.05, 3.63) is 88.1 Å². The molecule has 1 atom stereocenters. The molecule has 0 saturated carbocycles. The fourth-order valence-electron chi connectivity index (χ4n) is 6.97. The van der Waals surface area contributed by atoms with Gasteiger partial charge in [0.05, 0.1) is 18.5 Å². The second-order valence-corrected chi connectivity index (χ2v) is 12.2. The summed E-state index contributed by atoms with van der Waals surface area (Å²) in [5.41, 5.74) is 8.51. The summed E-state index contributed by atoms with van der Waals surface area (Å²) < 4.78 is 10.0. The van der Waals surface area contributed by atoms with Crippen LogP contribution in [0.25, 0.3) is 21.9 Å². The van der Waals surface area contributed by atoms with Gasteiger partial charge in [-0.25, -0.2) is 4.68 Å². The Kier molecular flexibility index (Phi) is 7.32. The maximum absolute atomic E-state index is 13.9. The van der Waals surface area contributed by atoms with Gasteiger partial charge in [-0.2, -0.15) is 0 Å². The molecule has 3 aliphatic heterocycles. The van der Waals surface area contributed by atoms with E-state index >= 15 is 0 Å². The number of ether oxygens (including phenoxy) is 1. The molecule has 226 valence electrons. The Morgan fingerprint density at radius 2 is 1.82 bits per heavy atom. The van der Waals surface area contributed by atoms with Crippen LogP contribution in [0.1, 0.15) is 76.3 Å². The van der Waals surface area contributed by atoms with Crippen LogP contribution in [0, 0.1) is 6.92 Å². The van der Waals surface area contributed by atoms with Crippen molar-refractivity contribution in [2.45, 2.75) is 64.5 Å². The van der Waals surface area contributed by atoms with E-state index in [0.717, 1.165) is 88.6 Å². The Labute approximate surface area is 256 Å². The third-order valence-electron chi connectivity index (χ3n) is 9.43. The number of aryl methyl sites for hydroxylation is 3. The van der Waals surface area contributed by atoms with E-state index < -0.39 is 5.97 Å². The largest absolute Gasteiger partial charge is 0.494 e. The number of aromatic nitrogens is 4. The van der Waals surface area contributed by atoms with E-state index in [2.05, 4.69) is 28.5 Å². The minimum Gasteiger partial charge on any atom is -0.494 e. The monoisotopic (exact) mass is 591 g/mol. The molecule has 0 spiro atoms. The lowest BCUT2D eigenvalue weighted by Crippen LogP contribution is -2.36. The quantitative estimate of drug-likeness (QED) is 0.271. The molecular formula is C35H37N5O4. The minimum absolute atomic E-state index is 0.0110. The lowest BCUT2D eigenvalue weighted by Gasteiger charge is -2.30. The summed E-state index contributed by atoms with van der Waals surface area (Å²) in [6, 6.07) is 18.3. The van der Waals surface area contributed by atoms with Crippen molar-refractivity contribution in [2.24, 2.45) is 7.05 Å². The number of carbonyl (C=O) groups excluding carboxylic acids is 1. The van der Waals surface area contributed by atoms with E-state index in [1.807, 2.05) is 64.5 Å². The number of rotatable bonds is 2. The molecule has 9 nitrogen and oxygen atoms in total. The lowest BCUT2D eigenvalue weighted by molar-refractivity contribution is -0.137. The van der Waals surface area contributed by atoms with Crippen LogP contribution in [-0.2, 0) is 31.4 Å². The number of carbonyl (C=O) groups is 2. The smallest absolute Gasteiger partial charge is 0.304 e. The Balaban J connectivity index is 1.29. The summed E-state index contributed by atoms with van der Waals surface area (Å²) >= 11 is 0. The number of carboxylic acid groups (broad SMARTS) is 1. The second-order valence-electron chi connectivity index (χ2n) is 12.2. The Morgan fingerprint density at radius 3 is 2.68 bits per heavy atom. The average Bonchev–Trinajstić information content (AvgIpc) is 3.59. The van der Waals surface area contributed by atoms with Crippen molar-refractivity contribution in [1.29, 1.82) is 0 Å². The van der Waals surface area contributed by atoms with Crippen molar-refractivity contribution < 1.29 is 19.4 Å². The number of benzene rings is 3. The second kappa shape index (κ2) is 11.4. The fourth-order valence-corrected chi connectivity index (χ4v) is 6.97. The van der Waals surface area contributed by atoms with Gasteiger partial charge >= 0.3 is 5.97 Å². The van der Waals surface area contributed by atoms with Crippen LogP contribution in [0.3, 0.4) is 0 Å². The van der Waals surface area contributed by atoms with Gasteiger partial charge in [0.15, 0.2) is 0 Å². The summed E-state index contributed by atoms with van der Waals surface area (Å²) in [4.78, 5) is 27.9. The van der Waals surface area contributed by atoms with Gasteiger partial charge in [-0.3, -0.25) is 9.59 Å². The molecule has 44 heavy (non-hydrogen) atoms. The minimum atomic E-state index is -0.856. The highest BCUT2D eigenvalue weighted by atomic mass is 16.5. The highest BCUT2D eigenvalue weighted by molar-refractivity contribution is 5.99. The van der Waals surface area contributed by atoms with Crippen molar-refractivity contribution in [1.82, 2.24) is 24.5 Å². The first-order chi connectivity index (χ1) is 21.4. The molecule has 9 heteroatoms. The topological polar surface area (TPSA) is 102 Å². The van der Waals surface area contributed by atoms with E-state index in [1.165, 1.54) is 5.56 Å². The van der Waals surface area contributed by atoms with E-state index in [-0.39, 0.29) is 18.2 Å². The van der Waals surface area contributed by atoms with Crippen molar-refractivity contribution in [2.75, 3.05) is 13.2 Å². The van der Waals surface area contributed by atoms with Gasteiger partial charge < -0.3 is 19.3 Å². The molecule has 5 aromatic rings. The number of hydrogen-bond donors (Lipinski definition) is 1. The standard InChI is InChI=1S/C35H37N5O4/c1-22-28-10-12-31-34(22)36-37-40(31)14-5-3-4-6-16-44-27-9-11-30-25(18-27)19-32(38(30)2)35(43)39-15-13-23-7-8-24(17-26(23)21-39)29(28)20-33(41)42/h7-12,17-19,29H,3-6,13-16,20-21H2,1-2H3,(H,41,42). The number of hydrogen-bond acceptors (Lipinski definition) is 5. The SMILES string of the molecule is Cc1c2ccc3c1nnn3CCCCCCOc1ccc3c(c1)cc(n3C)C(=O)N1CCc3ccc(cc3C1)C2CC(=O)O. The molecule has 8 rings (SSSR count). The molecule has 10 bridgehead atoms. The van der Waals surface area contributed by atoms with Crippen LogP contribution in [0.2, 0.25) is 0 Å². The van der Waals surface area contributed by atoms with Gasteiger partial charge in [0.2, 0.25) is 0 Å². The summed E-state index contributed by atoms with van der Waals surface area (Å²) in [6.07, 6.45) is 4.76. The number of nitrogens with zero attached hydrogens (tertiary/aromatic N) is 5. The summed E-state index contributed by atoms with van der Waals surface area (Å²) in [7, 11) is 1.94. The molecule has 1 unspecified atom stereocenters. The summed E-state index contributed by atoms with van der Waals surface area (Å²) in [6.45, 7) is 4.54. The van der Waals surface area contributed by atoms with E-state index in [0.29, 0.717) is 25.4 Å². The van der Waals surface area contributed by atoms with Gasteiger partial charge in [0.1, 0.15) is 17.0 Å². The molecular weight excluding hydrogens is 554 g/mol. The lowest BCUT2D eigenvalue weighted by atomic mass is 9.83. The van der Waals surface area contributed by atoms with Crippen LogP contribution < -0.4 is 4.74 Å². The zero-order chi connectivity index (χ0) is 30.4. The number of aliphatic carboxylic acids is 1. The van der Waals surface area contributed by atoms with Crippen molar-refractivity contribution in [3.8, 4) is 5.75 Å². The molecule has 3 aromatic carbocycles. The highest BCUT2D eigenvalue weighted by Gasteiger charge is 2.27. The van der Waals surface area contributed by atoms with Crippen LogP contribution in [0.5, 0.6) is 5.75 Å². The van der Waals surface area contributed by atoms with E-state index in [4.69, 9.17) is 4.74 Å². The van der Waals surface area contributed by atoms with Gasteiger partial charge in [-0.15, -0.1) is 5.10 Å². The molecule has 0 aliphatic carbocycles. The predicted molar refractivity (Wildman–Crippen MR) is 168 cm³/mol. The van der Waals surface area contributed by atoms with Gasteiger partial charge in [-0.05, 0) is 90.8 Å². The highest BCUT2D eigenvalue weighted by Crippen LogP contribution is 2.36. The van der Waals surface area contributed by atoms with Crippen molar-refractivity contribution >= 4 is 33.8 Å². The maximum Gasteiger partial charge on any atom is 0.304 e. The molecule has 3 aliphatic rings. The molecule has 0 radical (unpaired) electrons. The Bertz CT molecular complexity index is 1900. The zero-order valence-corrected chi connectivity index (χ0v) is 25.3. The van der Waals surface area contributed by atoms with E-state index in [9.17, 15) is 14.7 Å². The first-order valence-electron chi connectivity index (χ1n) is 15.5. The first-order valence-corrected chi connectivity index (χ1v) is 15.5. The third kappa shape index (κ3) is 5.10. The number of fused-ring (bicyclic) bond motifs is 7. The summed E-state index contributed by atoms with van der Waals surface area (Å²) in [5.74, 6) is -0.400. The van der Waals surface area contributed by atoms with Gasteiger partial charge in [-0.1, -0.05) is 35.9 Å². The number of carboxylic acids is 1. The van der Waals surface area contributed by atoms with Crippen LogP contribution in [0.4, 0.5) is 0 Å². The molecule has 1 N–H and O–H groups in total. The summed E-state index contributed by atoms with van der Waals surface area (Å²) in [5, 5.41) is 19.9. The molecule has 0 fully saturated rings. The van der Waals surface area contributed by atoms with Crippen molar-refractivity contribution in [3.63, 3.8) is 0 Å². The fraction of sp³-hybridized carbons (Fsp3) is 0.371. The molecule has 1 amide bonds. The van der Waals surface area contributed by atoms with Crippen LogP contribution >= 0.6 is 0 Å². The van der Waals surface area contributed by atoms with Crippen LogP contribution in [0.15, 0.2) is 54.6 Å². The van der Waals surface area contributed by atoms with Crippen LogP contribution in [-0.4, -0.2) is 54.6 Å². The maximum atomic E-state index is 13.9. The first kappa shape index (κ1) is 28.1. The van der Waals surface area contributed by atoms with E-state index in [1.54, 1.807) is 0 Å².